The average Bonchev–Trinajstić information content (AvgIpc) is 2.68. The third-order valence-electron chi connectivity index (χ3n) is 4.24. The van der Waals surface area contributed by atoms with E-state index in [1.165, 1.54) is 0 Å². The summed E-state index contributed by atoms with van der Waals surface area (Å²) in [6.07, 6.45) is 4.14. The molecule has 0 N–H and O–H groups in total. The molecule has 1 aliphatic heterocycles. The van der Waals surface area contributed by atoms with Crippen LogP contribution >= 0.6 is 0 Å². The second-order valence-corrected chi connectivity index (χ2v) is 6.92. The molecule has 0 aromatic carbocycles. The van der Waals surface area contributed by atoms with Gasteiger partial charge in [-0.2, -0.15) is 0 Å². The van der Waals surface area contributed by atoms with E-state index in [-0.39, 0.29) is 17.8 Å². The Labute approximate surface area is 115 Å². The van der Waals surface area contributed by atoms with Gasteiger partial charge in [0.1, 0.15) is 11.1 Å². The molecule has 1 unspecified atom stereocenters. The van der Waals surface area contributed by atoms with Crippen LogP contribution in [0.2, 0.25) is 0 Å². The summed E-state index contributed by atoms with van der Waals surface area (Å²) in [6.45, 7) is 8.21. The molecule has 2 aliphatic rings. The molecule has 2 fully saturated rings. The molecule has 1 aliphatic carbocycles. The van der Waals surface area contributed by atoms with Gasteiger partial charge in [-0.1, -0.05) is 6.92 Å². The molecule has 2 atom stereocenters. The number of ether oxygens (including phenoxy) is 1. The van der Waals surface area contributed by atoms with Gasteiger partial charge in [-0.3, -0.25) is 9.69 Å². The van der Waals surface area contributed by atoms with Gasteiger partial charge in [-0.15, -0.1) is 0 Å². The van der Waals surface area contributed by atoms with Crippen LogP contribution in [-0.2, 0) is 9.53 Å². The van der Waals surface area contributed by atoms with Gasteiger partial charge in [-0.05, 0) is 52.9 Å². The van der Waals surface area contributed by atoms with Crippen LogP contribution in [0.25, 0.3) is 0 Å². The number of carbonyl (C=O) groups is 2. The van der Waals surface area contributed by atoms with Gasteiger partial charge in [0.25, 0.3) is 0 Å². The van der Waals surface area contributed by atoms with E-state index in [1.807, 2.05) is 27.7 Å². The second kappa shape index (κ2) is 4.80. The fourth-order valence-corrected chi connectivity index (χ4v) is 3.39. The molecular weight excluding hydrogens is 242 g/mol. The molecule has 19 heavy (non-hydrogen) atoms. The van der Waals surface area contributed by atoms with Crippen molar-refractivity contribution in [1.29, 1.82) is 0 Å². The Bertz CT molecular complexity index is 385. The number of hydrogen-bond acceptors (Lipinski definition) is 3. The summed E-state index contributed by atoms with van der Waals surface area (Å²) in [5, 5.41) is 0. The highest BCUT2D eigenvalue weighted by atomic mass is 16.6. The maximum atomic E-state index is 12.6. The summed E-state index contributed by atoms with van der Waals surface area (Å²) in [7, 11) is 0. The van der Waals surface area contributed by atoms with E-state index >= 15 is 0 Å². The predicted molar refractivity (Wildman–Crippen MR) is 72.9 cm³/mol. The van der Waals surface area contributed by atoms with Gasteiger partial charge in [0.05, 0.1) is 0 Å². The van der Waals surface area contributed by atoms with Crippen LogP contribution in [-0.4, -0.2) is 34.5 Å². The molecule has 1 spiro atoms. The summed E-state index contributed by atoms with van der Waals surface area (Å²) in [5.41, 5.74) is -1.08. The molecule has 0 bridgehead atoms. The summed E-state index contributed by atoms with van der Waals surface area (Å²) >= 11 is 0. The van der Waals surface area contributed by atoms with Crippen molar-refractivity contribution in [2.24, 2.45) is 5.92 Å². The monoisotopic (exact) mass is 267 g/mol. The Morgan fingerprint density at radius 3 is 2.58 bits per heavy atom. The Balaban J connectivity index is 2.20. The van der Waals surface area contributed by atoms with Crippen LogP contribution in [0.15, 0.2) is 0 Å². The molecule has 0 radical (unpaired) electrons. The average molecular weight is 267 g/mol. The van der Waals surface area contributed by atoms with Crippen LogP contribution in [0.4, 0.5) is 4.79 Å². The topological polar surface area (TPSA) is 46.6 Å². The van der Waals surface area contributed by atoms with Crippen molar-refractivity contribution >= 4 is 11.9 Å². The zero-order valence-electron chi connectivity index (χ0n) is 12.5. The minimum absolute atomic E-state index is 0.0665. The van der Waals surface area contributed by atoms with Crippen molar-refractivity contribution in [3.63, 3.8) is 0 Å². The van der Waals surface area contributed by atoms with Crippen molar-refractivity contribution < 1.29 is 14.3 Å². The molecule has 1 heterocycles. The number of hydrogen-bond donors (Lipinski definition) is 0. The summed E-state index contributed by atoms with van der Waals surface area (Å²) in [6, 6.07) is 0. The number of Topliss-reactive ketones (excluding diaryl/α,β-unsaturated/α-hetero) is 1. The number of carbonyl (C=O) groups excluding carboxylic acids is 2. The van der Waals surface area contributed by atoms with Gasteiger partial charge in [0.15, 0.2) is 5.78 Å². The smallest absolute Gasteiger partial charge is 0.411 e. The van der Waals surface area contributed by atoms with E-state index in [1.54, 1.807) is 4.90 Å². The van der Waals surface area contributed by atoms with Crippen LogP contribution < -0.4 is 0 Å². The largest absolute Gasteiger partial charge is 0.444 e. The highest BCUT2D eigenvalue weighted by Gasteiger charge is 2.52. The Morgan fingerprint density at radius 2 is 1.95 bits per heavy atom. The van der Waals surface area contributed by atoms with Gasteiger partial charge < -0.3 is 4.74 Å². The number of nitrogens with zero attached hydrogens (tertiary/aromatic N) is 1. The predicted octanol–water partition coefficient (Wildman–Crippen LogP) is 3.15. The standard InChI is InChI=1S/C15H25NO3/c1-11-7-5-8-15(12(11)17)9-6-10-16(15)13(18)19-14(2,3)4/h11H,5-10H2,1-4H3/t11?,15-/m0/s1. The lowest BCUT2D eigenvalue weighted by atomic mass is 9.74. The van der Waals surface area contributed by atoms with E-state index in [0.717, 1.165) is 32.1 Å². The molecule has 1 saturated carbocycles. The van der Waals surface area contributed by atoms with Crippen LogP contribution in [0.5, 0.6) is 0 Å². The van der Waals surface area contributed by atoms with Crippen molar-refractivity contribution in [3.8, 4) is 0 Å². The summed E-state index contributed by atoms with van der Waals surface area (Å²) in [5.74, 6) is 0.305. The maximum Gasteiger partial charge on any atom is 0.411 e. The highest BCUT2D eigenvalue weighted by Crippen LogP contribution is 2.41. The zero-order valence-corrected chi connectivity index (χ0v) is 12.5. The quantitative estimate of drug-likeness (QED) is 0.677. The van der Waals surface area contributed by atoms with E-state index in [4.69, 9.17) is 4.74 Å². The molecule has 108 valence electrons. The van der Waals surface area contributed by atoms with Crippen molar-refractivity contribution in [3.05, 3.63) is 0 Å². The molecule has 2 rings (SSSR count). The maximum absolute atomic E-state index is 12.6. The normalized spacial score (nSPS) is 31.9. The van der Waals surface area contributed by atoms with E-state index in [9.17, 15) is 9.59 Å². The third-order valence-corrected chi connectivity index (χ3v) is 4.24. The minimum atomic E-state index is -0.569. The first kappa shape index (κ1) is 14.4. The Morgan fingerprint density at radius 1 is 1.32 bits per heavy atom. The molecule has 4 heteroatoms. The minimum Gasteiger partial charge on any atom is -0.444 e. The summed E-state index contributed by atoms with van der Waals surface area (Å²) < 4.78 is 5.47. The fraction of sp³-hybridized carbons (Fsp3) is 0.867. The first-order valence-electron chi connectivity index (χ1n) is 7.31. The first-order valence-corrected chi connectivity index (χ1v) is 7.31. The third kappa shape index (κ3) is 2.63. The van der Waals surface area contributed by atoms with Crippen molar-refractivity contribution in [1.82, 2.24) is 4.90 Å². The lowest BCUT2D eigenvalue weighted by molar-refractivity contribution is -0.136. The fourth-order valence-electron chi connectivity index (χ4n) is 3.39. The molecule has 0 aromatic heterocycles. The molecule has 4 nitrogen and oxygen atoms in total. The van der Waals surface area contributed by atoms with Crippen molar-refractivity contribution in [2.75, 3.05) is 6.54 Å². The lowest BCUT2D eigenvalue weighted by Gasteiger charge is -2.42. The van der Waals surface area contributed by atoms with E-state index < -0.39 is 11.1 Å². The Hall–Kier alpha value is -1.06. The SMILES string of the molecule is CC1CCC[C@]2(CCCN2C(=O)OC(C)(C)C)C1=O. The van der Waals surface area contributed by atoms with Gasteiger partial charge >= 0.3 is 6.09 Å². The van der Waals surface area contributed by atoms with E-state index in [2.05, 4.69) is 0 Å². The lowest BCUT2D eigenvalue weighted by Crippen LogP contribution is -2.57. The molecule has 1 saturated heterocycles. The molecule has 1 amide bonds. The zero-order chi connectivity index (χ0) is 14.3. The molecule has 0 aromatic rings. The number of rotatable bonds is 0. The summed E-state index contributed by atoms with van der Waals surface area (Å²) in [4.78, 5) is 26.6. The number of amides is 1. The van der Waals surface area contributed by atoms with Crippen LogP contribution in [0, 0.1) is 5.92 Å². The second-order valence-electron chi connectivity index (χ2n) is 6.92. The van der Waals surface area contributed by atoms with Crippen LogP contribution in [0.1, 0.15) is 59.8 Å². The number of likely N-dealkylation sites (tertiary alicyclic amines) is 1. The van der Waals surface area contributed by atoms with Gasteiger partial charge in [0, 0.05) is 12.5 Å². The van der Waals surface area contributed by atoms with Crippen LogP contribution in [0.3, 0.4) is 0 Å². The van der Waals surface area contributed by atoms with E-state index in [0.29, 0.717) is 6.54 Å². The van der Waals surface area contributed by atoms with Crippen molar-refractivity contribution in [2.45, 2.75) is 70.9 Å². The molecular formula is C15H25NO3. The number of ketones is 1. The Kier molecular flexibility index (Phi) is 3.63. The highest BCUT2D eigenvalue weighted by molar-refractivity contribution is 5.94. The van der Waals surface area contributed by atoms with Gasteiger partial charge in [-0.25, -0.2) is 4.79 Å². The van der Waals surface area contributed by atoms with Gasteiger partial charge in [0.2, 0.25) is 0 Å². The first-order chi connectivity index (χ1) is 8.76.